The van der Waals surface area contributed by atoms with Crippen LogP contribution in [-0.2, 0) is 0 Å². The number of nitrogens with one attached hydrogen (secondary N) is 3. The second-order valence-corrected chi connectivity index (χ2v) is 3.59. The Labute approximate surface area is 115 Å². The van der Waals surface area contributed by atoms with Gasteiger partial charge < -0.3 is 15.8 Å². The van der Waals surface area contributed by atoms with Gasteiger partial charge in [-0.2, -0.15) is 10.4 Å². The Balaban J connectivity index is 3.12. The van der Waals surface area contributed by atoms with Gasteiger partial charge >= 0.3 is 0 Å². The van der Waals surface area contributed by atoms with E-state index in [-0.39, 0.29) is 11.6 Å². The number of rotatable bonds is 5. The summed E-state index contributed by atoms with van der Waals surface area (Å²) in [6, 6.07) is 6.36. The molecule has 8 heteroatoms. The first-order chi connectivity index (χ1) is 9.53. The van der Waals surface area contributed by atoms with E-state index in [1.807, 2.05) is 0 Å². The molecule has 20 heavy (non-hydrogen) atoms. The number of amidine groups is 1. The van der Waals surface area contributed by atoms with Crippen LogP contribution in [0, 0.1) is 16.7 Å². The number of carbonyl (C=O) groups excluding carboxylic acids is 1. The highest BCUT2D eigenvalue weighted by Gasteiger charge is 2.09. The lowest BCUT2D eigenvalue weighted by molar-refractivity contribution is 0.0963. The Kier molecular flexibility index (Phi) is 5.05. The van der Waals surface area contributed by atoms with Crippen molar-refractivity contribution in [1.82, 2.24) is 5.32 Å². The smallest absolute Gasteiger partial charge is 0.251 e. The number of methoxy groups -OCH3 is 1. The van der Waals surface area contributed by atoms with Crippen LogP contribution in [-0.4, -0.2) is 31.6 Å². The van der Waals surface area contributed by atoms with Gasteiger partial charge in [0.25, 0.3) is 5.91 Å². The molecule has 0 bridgehead atoms. The average Bonchev–Trinajstić information content (AvgIpc) is 2.46. The van der Waals surface area contributed by atoms with Crippen molar-refractivity contribution in [3.63, 3.8) is 0 Å². The topological polar surface area (TPSA) is 136 Å². The zero-order valence-corrected chi connectivity index (χ0v) is 11.0. The molecule has 1 rings (SSSR count). The Hall–Kier alpha value is -3.08. The van der Waals surface area contributed by atoms with Crippen LogP contribution in [0.2, 0.25) is 0 Å². The van der Waals surface area contributed by atoms with E-state index in [1.165, 1.54) is 20.2 Å². The largest absolute Gasteiger partial charge is 0.495 e. The van der Waals surface area contributed by atoms with Gasteiger partial charge in [-0.05, 0) is 18.2 Å². The third kappa shape index (κ3) is 3.46. The van der Waals surface area contributed by atoms with Gasteiger partial charge in [-0.15, -0.1) is 0 Å². The fraction of sp³-hybridized carbons (Fsp3) is 0.167. The van der Waals surface area contributed by atoms with Crippen molar-refractivity contribution >= 4 is 23.1 Å². The van der Waals surface area contributed by atoms with Crippen molar-refractivity contribution in [1.29, 1.82) is 10.7 Å². The normalized spacial score (nSPS) is 10.3. The maximum absolute atomic E-state index is 11.5. The molecule has 1 amide bonds. The molecular formula is C12H14N6O2. The molecule has 0 aliphatic heterocycles. The van der Waals surface area contributed by atoms with Crippen molar-refractivity contribution in [3.05, 3.63) is 23.8 Å². The number of hydrogen-bond donors (Lipinski definition) is 4. The molecule has 1 aromatic carbocycles. The molecule has 0 spiro atoms. The highest BCUT2D eigenvalue weighted by Crippen LogP contribution is 2.25. The average molecular weight is 274 g/mol. The van der Waals surface area contributed by atoms with E-state index in [4.69, 9.17) is 21.1 Å². The van der Waals surface area contributed by atoms with Gasteiger partial charge in [-0.3, -0.25) is 15.6 Å². The fourth-order valence-electron chi connectivity index (χ4n) is 1.34. The van der Waals surface area contributed by atoms with E-state index in [2.05, 4.69) is 15.8 Å². The first-order valence-electron chi connectivity index (χ1n) is 5.51. The summed E-state index contributed by atoms with van der Waals surface area (Å²) in [5.74, 6) is -0.296. The molecule has 0 heterocycles. The number of nitriles is 1. The quantitative estimate of drug-likeness (QED) is 0.347. The lowest BCUT2D eigenvalue weighted by atomic mass is 10.2. The monoisotopic (exact) mass is 274 g/mol. The Morgan fingerprint density at radius 1 is 1.55 bits per heavy atom. The molecule has 8 nitrogen and oxygen atoms in total. The van der Waals surface area contributed by atoms with Crippen LogP contribution < -0.4 is 21.2 Å². The van der Waals surface area contributed by atoms with Gasteiger partial charge in [0.2, 0.25) is 5.71 Å². The second-order valence-electron chi connectivity index (χ2n) is 3.59. The van der Waals surface area contributed by atoms with Gasteiger partial charge in [0.05, 0.1) is 12.8 Å². The summed E-state index contributed by atoms with van der Waals surface area (Å²) in [5.41, 5.74) is 8.24. The van der Waals surface area contributed by atoms with Crippen LogP contribution in [0.1, 0.15) is 10.4 Å². The molecule has 0 saturated carbocycles. The summed E-state index contributed by atoms with van der Waals surface area (Å²) >= 11 is 0. The van der Waals surface area contributed by atoms with E-state index >= 15 is 0 Å². The van der Waals surface area contributed by atoms with Crippen LogP contribution in [0.4, 0.5) is 5.69 Å². The molecule has 0 radical (unpaired) electrons. The number of carbonyl (C=O) groups is 1. The highest BCUT2D eigenvalue weighted by atomic mass is 16.5. The molecule has 0 aliphatic carbocycles. The molecule has 0 fully saturated rings. The fourth-order valence-corrected chi connectivity index (χ4v) is 1.34. The van der Waals surface area contributed by atoms with E-state index in [0.29, 0.717) is 17.0 Å². The summed E-state index contributed by atoms with van der Waals surface area (Å²) in [5, 5.41) is 22.1. The highest BCUT2D eigenvalue weighted by molar-refractivity contribution is 6.45. The lowest BCUT2D eigenvalue weighted by Gasteiger charge is -2.09. The third-order valence-electron chi connectivity index (χ3n) is 2.34. The molecule has 0 unspecified atom stereocenters. The van der Waals surface area contributed by atoms with Gasteiger partial charge in [0.1, 0.15) is 11.8 Å². The number of hydrogen-bond acceptors (Lipinski definition) is 6. The van der Waals surface area contributed by atoms with Crippen LogP contribution >= 0.6 is 0 Å². The second kappa shape index (κ2) is 6.75. The minimum absolute atomic E-state index is 0.266. The summed E-state index contributed by atoms with van der Waals surface area (Å²) in [6.07, 6.45) is 0. The third-order valence-corrected chi connectivity index (χ3v) is 2.34. The zero-order valence-electron chi connectivity index (χ0n) is 11.0. The zero-order chi connectivity index (χ0) is 15.1. The summed E-state index contributed by atoms with van der Waals surface area (Å²) in [6.45, 7) is 0. The first kappa shape index (κ1) is 15.0. The molecule has 0 aromatic heterocycles. The van der Waals surface area contributed by atoms with Crippen molar-refractivity contribution < 1.29 is 9.53 Å². The maximum Gasteiger partial charge on any atom is 0.251 e. The van der Waals surface area contributed by atoms with Crippen LogP contribution in [0.15, 0.2) is 23.3 Å². The van der Waals surface area contributed by atoms with Crippen LogP contribution in [0.5, 0.6) is 5.75 Å². The number of anilines is 1. The maximum atomic E-state index is 11.5. The van der Waals surface area contributed by atoms with E-state index < -0.39 is 5.84 Å². The molecule has 0 atom stereocenters. The number of ether oxygens (including phenoxy) is 1. The first-order valence-corrected chi connectivity index (χ1v) is 5.51. The number of amides is 1. The summed E-state index contributed by atoms with van der Waals surface area (Å²) < 4.78 is 5.11. The van der Waals surface area contributed by atoms with E-state index in [9.17, 15) is 4.79 Å². The van der Waals surface area contributed by atoms with Crippen molar-refractivity contribution in [3.8, 4) is 11.8 Å². The molecule has 104 valence electrons. The van der Waals surface area contributed by atoms with Crippen molar-refractivity contribution in [2.45, 2.75) is 0 Å². The number of benzene rings is 1. The van der Waals surface area contributed by atoms with Gasteiger partial charge in [0, 0.05) is 12.6 Å². The minimum Gasteiger partial charge on any atom is -0.495 e. The Bertz CT molecular complexity index is 602. The van der Waals surface area contributed by atoms with Gasteiger partial charge in [-0.1, -0.05) is 0 Å². The number of hydrazone groups is 1. The van der Waals surface area contributed by atoms with Crippen LogP contribution in [0.3, 0.4) is 0 Å². The Morgan fingerprint density at radius 2 is 2.25 bits per heavy atom. The van der Waals surface area contributed by atoms with E-state index in [0.717, 1.165) is 0 Å². The predicted molar refractivity (Wildman–Crippen MR) is 75.0 cm³/mol. The van der Waals surface area contributed by atoms with Gasteiger partial charge in [0.15, 0.2) is 5.84 Å². The molecule has 1 aromatic rings. The lowest BCUT2D eigenvalue weighted by Crippen LogP contribution is -2.22. The van der Waals surface area contributed by atoms with E-state index in [1.54, 1.807) is 18.2 Å². The predicted octanol–water partition coefficient (Wildman–Crippen LogP) is 0.282. The summed E-state index contributed by atoms with van der Waals surface area (Å²) in [7, 11) is 2.97. The minimum atomic E-state index is -0.457. The van der Waals surface area contributed by atoms with Crippen molar-refractivity contribution in [2.75, 3.05) is 19.6 Å². The van der Waals surface area contributed by atoms with Gasteiger partial charge in [-0.25, -0.2) is 0 Å². The molecule has 0 saturated heterocycles. The SMILES string of the molecule is CNC(=O)c1ccc(OC)c(N/N=C(\C#N)C(=N)N)c1. The molecule has 5 N–H and O–H groups in total. The number of nitrogens with two attached hydrogens (primary N) is 1. The number of nitrogens with zero attached hydrogens (tertiary/aromatic N) is 2. The van der Waals surface area contributed by atoms with Crippen LogP contribution in [0.25, 0.3) is 0 Å². The molecular weight excluding hydrogens is 260 g/mol. The Morgan fingerprint density at radius 3 is 2.75 bits per heavy atom. The molecule has 0 aliphatic rings. The standard InChI is InChI=1S/C12H14N6O2/c1-16-12(19)7-3-4-10(20-2)8(5-7)17-18-9(6-13)11(14)15/h3-5,17H,1-2H3,(H3,14,15)(H,16,19)/b18-9+. The summed E-state index contributed by atoms with van der Waals surface area (Å²) in [4.78, 5) is 11.5. The van der Waals surface area contributed by atoms with Crippen molar-refractivity contribution in [2.24, 2.45) is 10.8 Å².